The second-order valence-corrected chi connectivity index (χ2v) is 2.60. The first-order chi connectivity index (χ1) is 6.47. The SMILES string of the molecule is C1=CC=C(c2cccnc2)C=NC=1. The number of allylic oxidation sites excluding steroid dienone is 3. The minimum atomic E-state index is 1.05. The van der Waals surface area contributed by atoms with E-state index < -0.39 is 0 Å². The van der Waals surface area contributed by atoms with Gasteiger partial charge in [-0.2, -0.15) is 0 Å². The maximum atomic E-state index is 4.04. The summed E-state index contributed by atoms with van der Waals surface area (Å²) in [5, 5.41) is 0. The highest BCUT2D eigenvalue weighted by Gasteiger charge is 1.96. The van der Waals surface area contributed by atoms with Crippen LogP contribution in [0.3, 0.4) is 0 Å². The smallest absolute Gasteiger partial charge is 0.0686 e. The highest BCUT2D eigenvalue weighted by Crippen LogP contribution is 2.11. The van der Waals surface area contributed by atoms with Gasteiger partial charge in [0, 0.05) is 29.7 Å². The van der Waals surface area contributed by atoms with Crippen LogP contribution >= 0.6 is 0 Å². The van der Waals surface area contributed by atoms with Gasteiger partial charge in [0.2, 0.25) is 0 Å². The summed E-state index contributed by atoms with van der Waals surface area (Å²) in [7, 11) is 0. The van der Waals surface area contributed by atoms with Crippen LogP contribution in [0.1, 0.15) is 5.56 Å². The number of hydrogen-bond acceptors (Lipinski definition) is 2. The van der Waals surface area contributed by atoms with Crippen LogP contribution in [0, 0.1) is 0 Å². The van der Waals surface area contributed by atoms with Crippen LogP contribution in [-0.2, 0) is 0 Å². The molecule has 0 aliphatic carbocycles. The van der Waals surface area contributed by atoms with Crippen LogP contribution in [0.2, 0.25) is 0 Å². The molecular formula is C11H8N2. The van der Waals surface area contributed by atoms with E-state index in [1.54, 1.807) is 18.6 Å². The highest BCUT2D eigenvalue weighted by atomic mass is 14.7. The standard InChI is InChI=1S/C11H8N2/c1-2-6-12-8-10(4-1)11-5-3-7-13-9-11/h1,3-9H. The maximum absolute atomic E-state index is 4.04. The lowest BCUT2D eigenvalue weighted by atomic mass is 10.1. The van der Waals surface area contributed by atoms with Crippen LogP contribution in [0.15, 0.2) is 53.6 Å². The molecule has 13 heavy (non-hydrogen) atoms. The second-order valence-electron chi connectivity index (χ2n) is 2.60. The molecule has 0 atom stereocenters. The summed E-state index contributed by atoms with van der Waals surface area (Å²) in [6, 6.07) is 3.91. The Hall–Kier alpha value is -1.92. The van der Waals surface area contributed by atoms with Gasteiger partial charge >= 0.3 is 0 Å². The fourth-order valence-electron chi connectivity index (χ4n) is 1.09. The van der Waals surface area contributed by atoms with Gasteiger partial charge in [0.25, 0.3) is 0 Å². The van der Waals surface area contributed by atoms with Crippen molar-refractivity contribution < 1.29 is 0 Å². The molecule has 2 heteroatoms. The highest BCUT2D eigenvalue weighted by molar-refractivity contribution is 6.10. The molecule has 1 aliphatic rings. The molecule has 0 bridgehead atoms. The van der Waals surface area contributed by atoms with E-state index in [1.165, 1.54) is 0 Å². The van der Waals surface area contributed by atoms with E-state index in [4.69, 9.17) is 0 Å². The molecule has 2 rings (SSSR count). The van der Waals surface area contributed by atoms with E-state index in [9.17, 15) is 0 Å². The zero-order valence-corrected chi connectivity index (χ0v) is 7.01. The van der Waals surface area contributed by atoms with Crippen molar-refractivity contribution in [3.8, 4) is 0 Å². The quantitative estimate of drug-likeness (QED) is 0.590. The van der Waals surface area contributed by atoms with Crippen molar-refractivity contribution in [3.05, 3.63) is 54.2 Å². The first kappa shape index (κ1) is 7.71. The topological polar surface area (TPSA) is 25.2 Å². The fourth-order valence-corrected chi connectivity index (χ4v) is 1.09. The van der Waals surface area contributed by atoms with E-state index in [-0.39, 0.29) is 0 Å². The lowest BCUT2D eigenvalue weighted by molar-refractivity contribution is 1.31. The number of aromatic nitrogens is 1. The monoisotopic (exact) mass is 168 g/mol. The second kappa shape index (κ2) is 3.65. The molecule has 62 valence electrons. The molecule has 0 spiro atoms. The lowest BCUT2D eigenvalue weighted by Crippen LogP contribution is -1.85. The normalized spacial score (nSPS) is 14.0. The van der Waals surface area contributed by atoms with Gasteiger partial charge in [0.15, 0.2) is 0 Å². The van der Waals surface area contributed by atoms with Crippen molar-refractivity contribution in [2.75, 3.05) is 0 Å². The van der Waals surface area contributed by atoms with Crippen molar-refractivity contribution in [1.82, 2.24) is 4.98 Å². The molecule has 0 N–H and O–H groups in total. The van der Waals surface area contributed by atoms with E-state index in [0.29, 0.717) is 0 Å². The summed E-state index contributed by atoms with van der Waals surface area (Å²) >= 11 is 0. The Balaban J connectivity index is 2.39. The minimum absolute atomic E-state index is 1.05. The Labute approximate surface area is 76.7 Å². The van der Waals surface area contributed by atoms with Gasteiger partial charge in [-0.05, 0) is 18.2 Å². The van der Waals surface area contributed by atoms with Gasteiger partial charge in [-0.15, -0.1) is 5.73 Å². The third-order valence-corrected chi connectivity index (χ3v) is 1.72. The van der Waals surface area contributed by atoms with Crippen LogP contribution < -0.4 is 0 Å². The fraction of sp³-hybridized carbons (Fsp3) is 0. The zero-order valence-electron chi connectivity index (χ0n) is 7.01. The third-order valence-electron chi connectivity index (χ3n) is 1.72. The molecule has 0 radical (unpaired) electrons. The lowest BCUT2D eigenvalue weighted by Gasteiger charge is -1.97. The molecule has 1 aromatic heterocycles. The van der Waals surface area contributed by atoms with E-state index >= 15 is 0 Å². The summed E-state index contributed by atoms with van der Waals surface area (Å²) in [6.45, 7) is 0. The van der Waals surface area contributed by atoms with Crippen LogP contribution in [-0.4, -0.2) is 11.2 Å². The summed E-state index contributed by atoms with van der Waals surface area (Å²) in [6.07, 6.45) is 10.8. The molecular weight excluding hydrogens is 160 g/mol. The first-order valence-electron chi connectivity index (χ1n) is 4.01. The van der Waals surface area contributed by atoms with Gasteiger partial charge in [-0.1, -0.05) is 6.07 Å². The summed E-state index contributed by atoms with van der Waals surface area (Å²) in [4.78, 5) is 8.08. The van der Waals surface area contributed by atoms with Gasteiger partial charge in [-0.25, -0.2) is 0 Å². The summed E-state index contributed by atoms with van der Waals surface area (Å²) in [5.74, 6) is 0. The predicted molar refractivity (Wildman–Crippen MR) is 53.4 cm³/mol. The molecule has 1 aliphatic heterocycles. The van der Waals surface area contributed by atoms with E-state index in [1.807, 2.05) is 30.5 Å². The minimum Gasteiger partial charge on any atom is -0.264 e. The number of pyridine rings is 1. The molecule has 0 saturated heterocycles. The van der Waals surface area contributed by atoms with Gasteiger partial charge in [-0.3, -0.25) is 9.98 Å². The molecule has 0 fully saturated rings. The summed E-state index contributed by atoms with van der Waals surface area (Å²) in [5.41, 5.74) is 5.02. The maximum Gasteiger partial charge on any atom is 0.0686 e. The largest absolute Gasteiger partial charge is 0.264 e. The molecule has 0 amide bonds. The van der Waals surface area contributed by atoms with Crippen molar-refractivity contribution in [1.29, 1.82) is 0 Å². The van der Waals surface area contributed by atoms with Crippen molar-refractivity contribution in [3.63, 3.8) is 0 Å². The van der Waals surface area contributed by atoms with Crippen LogP contribution in [0.25, 0.3) is 5.57 Å². The average Bonchev–Trinajstić information content (AvgIpc) is 2.47. The van der Waals surface area contributed by atoms with Crippen molar-refractivity contribution in [2.24, 2.45) is 4.99 Å². The Morgan fingerprint density at radius 2 is 2.31 bits per heavy atom. The van der Waals surface area contributed by atoms with E-state index in [0.717, 1.165) is 11.1 Å². The number of rotatable bonds is 1. The number of aliphatic imine (C=N–C) groups is 1. The Kier molecular flexibility index (Phi) is 2.17. The number of nitrogens with zero attached hydrogens (tertiary/aromatic N) is 2. The van der Waals surface area contributed by atoms with Gasteiger partial charge < -0.3 is 0 Å². The molecule has 2 nitrogen and oxygen atoms in total. The first-order valence-corrected chi connectivity index (χ1v) is 4.01. The van der Waals surface area contributed by atoms with Crippen LogP contribution in [0.5, 0.6) is 0 Å². The summed E-state index contributed by atoms with van der Waals surface area (Å²) < 4.78 is 0. The molecule has 0 aromatic carbocycles. The van der Waals surface area contributed by atoms with Crippen molar-refractivity contribution >= 4 is 11.8 Å². The zero-order chi connectivity index (χ0) is 8.93. The Morgan fingerprint density at radius 1 is 1.31 bits per heavy atom. The molecule has 2 heterocycles. The Bertz CT molecular complexity index is 407. The van der Waals surface area contributed by atoms with Gasteiger partial charge in [0.1, 0.15) is 0 Å². The molecule has 0 unspecified atom stereocenters. The molecule has 0 saturated carbocycles. The van der Waals surface area contributed by atoms with E-state index in [2.05, 4.69) is 15.7 Å². The van der Waals surface area contributed by atoms with Crippen molar-refractivity contribution in [2.45, 2.75) is 0 Å². The predicted octanol–water partition coefficient (Wildman–Crippen LogP) is 2.22. The number of hydrogen-bond donors (Lipinski definition) is 0. The average molecular weight is 168 g/mol. The third kappa shape index (κ3) is 1.81. The Morgan fingerprint density at radius 3 is 3.15 bits per heavy atom. The van der Waals surface area contributed by atoms with Gasteiger partial charge in [0.05, 0.1) is 6.20 Å². The van der Waals surface area contributed by atoms with Crippen LogP contribution in [0.4, 0.5) is 0 Å². The molecule has 1 aromatic rings.